The van der Waals surface area contributed by atoms with Crippen LogP contribution < -0.4 is 0 Å². The fraction of sp³-hybridized carbons (Fsp3) is 0.306. The summed E-state index contributed by atoms with van der Waals surface area (Å²) >= 11 is 0. The van der Waals surface area contributed by atoms with Crippen LogP contribution >= 0.6 is 0 Å². The van der Waals surface area contributed by atoms with E-state index in [1.165, 1.54) is 6.07 Å². The highest BCUT2D eigenvalue weighted by molar-refractivity contribution is 6.12. The van der Waals surface area contributed by atoms with Gasteiger partial charge in [0.1, 0.15) is 0 Å². The highest BCUT2D eigenvalue weighted by Crippen LogP contribution is 2.49. The summed E-state index contributed by atoms with van der Waals surface area (Å²) in [5.41, 5.74) is -0.190. The van der Waals surface area contributed by atoms with E-state index in [-0.39, 0.29) is 47.7 Å². The molecule has 0 bridgehead atoms. The molecule has 0 N–H and O–H groups in total. The molecule has 3 aromatic rings. The summed E-state index contributed by atoms with van der Waals surface area (Å²) in [7, 11) is 1.82. The second kappa shape index (κ2) is 11.0. The van der Waals surface area contributed by atoms with Crippen molar-refractivity contribution >= 4 is 11.4 Å². The van der Waals surface area contributed by atoms with Gasteiger partial charge < -0.3 is 4.90 Å². The fourth-order valence-corrected chi connectivity index (χ4v) is 7.44. The Hall–Kier alpha value is -4.49. The largest absolute Gasteiger partial charge is 0.416 e. The molecule has 0 fully saturated rings. The number of allylic oxidation sites excluding steroid dienone is 3. The number of benzene rings is 3. The Morgan fingerprint density at radius 2 is 1.20 bits per heavy atom. The SMILES string of the molecule is Cc1c(-c2cc(C(F)(F)F)cc(C(F)(F)F)c2)ccc2c1CC1=C2N(C)C2CC3=C(C=CC(c4cc(C(F)(F)F)cc(C(F)(F)F)c4)C3)C2=N1. The topological polar surface area (TPSA) is 15.6 Å². The molecule has 0 saturated heterocycles. The molecule has 0 saturated carbocycles. The summed E-state index contributed by atoms with van der Waals surface area (Å²) < 4.78 is 163. The number of hydrogen-bond donors (Lipinski definition) is 0. The van der Waals surface area contributed by atoms with E-state index in [2.05, 4.69) is 0 Å². The first-order valence-corrected chi connectivity index (χ1v) is 15.3. The van der Waals surface area contributed by atoms with Gasteiger partial charge in [0.05, 0.1) is 45.4 Å². The number of rotatable bonds is 2. The molecule has 3 aliphatic carbocycles. The number of alkyl halides is 12. The van der Waals surface area contributed by atoms with Crippen LogP contribution in [0.25, 0.3) is 16.8 Å². The molecule has 1 aliphatic heterocycles. The van der Waals surface area contributed by atoms with Gasteiger partial charge in [-0.1, -0.05) is 29.9 Å². The zero-order chi connectivity index (χ0) is 36.3. The lowest BCUT2D eigenvalue weighted by Gasteiger charge is -2.33. The molecule has 1 heterocycles. The molecular weight excluding hydrogens is 688 g/mol. The van der Waals surface area contributed by atoms with Gasteiger partial charge in [-0.2, -0.15) is 52.7 Å². The van der Waals surface area contributed by atoms with Crippen molar-refractivity contribution in [1.82, 2.24) is 4.90 Å². The molecule has 0 radical (unpaired) electrons. The number of fused-ring (bicyclic) bond motifs is 4. The van der Waals surface area contributed by atoms with Crippen LogP contribution in [0.1, 0.15) is 63.3 Å². The first kappa shape index (κ1) is 34.0. The van der Waals surface area contributed by atoms with Crippen molar-refractivity contribution in [3.8, 4) is 11.1 Å². The highest BCUT2D eigenvalue weighted by atomic mass is 19.4. The number of aliphatic imine (C=N–C) groups is 1. The quantitative estimate of drug-likeness (QED) is 0.242. The Labute approximate surface area is 277 Å². The van der Waals surface area contributed by atoms with Crippen LogP contribution in [0.2, 0.25) is 0 Å². The second-order valence-electron chi connectivity index (χ2n) is 12.9. The van der Waals surface area contributed by atoms with Crippen LogP contribution in [0.15, 0.2) is 82.5 Å². The predicted molar refractivity (Wildman–Crippen MR) is 161 cm³/mol. The van der Waals surface area contributed by atoms with Crippen LogP contribution in [0.5, 0.6) is 0 Å². The molecule has 0 amide bonds. The third-order valence-electron chi connectivity index (χ3n) is 9.86. The first-order chi connectivity index (χ1) is 23.1. The molecule has 50 heavy (non-hydrogen) atoms. The molecule has 14 heteroatoms. The number of halogens is 12. The van der Waals surface area contributed by atoms with E-state index in [1.54, 1.807) is 25.1 Å². The van der Waals surface area contributed by atoms with E-state index in [1.807, 2.05) is 11.9 Å². The lowest BCUT2D eigenvalue weighted by Crippen LogP contribution is -2.37. The van der Waals surface area contributed by atoms with E-state index in [0.29, 0.717) is 41.1 Å². The summed E-state index contributed by atoms with van der Waals surface area (Å²) in [4.78, 5) is 6.91. The van der Waals surface area contributed by atoms with Crippen LogP contribution in [0.4, 0.5) is 52.7 Å². The second-order valence-corrected chi connectivity index (χ2v) is 12.9. The van der Waals surface area contributed by atoms with E-state index in [0.717, 1.165) is 34.5 Å². The van der Waals surface area contributed by atoms with Crippen LogP contribution in [-0.4, -0.2) is 23.7 Å². The Morgan fingerprint density at radius 3 is 1.74 bits per heavy atom. The maximum atomic E-state index is 13.6. The summed E-state index contributed by atoms with van der Waals surface area (Å²) in [6.07, 6.45) is -15.9. The molecule has 3 aromatic carbocycles. The minimum Gasteiger partial charge on any atom is -0.364 e. The Kier molecular flexibility index (Phi) is 7.48. The van der Waals surface area contributed by atoms with Crippen molar-refractivity contribution in [3.05, 3.63) is 122 Å². The van der Waals surface area contributed by atoms with Gasteiger partial charge in [0.25, 0.3) is 0 Å². The van der Waals surface area contributed by atoms with Gasteiger partial charge in [0.15, 0.2) is 0 Å². The number of nitrogens with zero attached hydrogens (tertiary/aromatic N) is 2. The van der Waals surface area contributed by atoms with Crippen molar-refractivity contribution in [3.63, 3.8) is 0 Å². The van der Waals surface area contributed by atoms with Crippen molar-refractivity contribution in [2.75, 3.05) is 7.05 Å². The standard InChI is InChI=1S/C36H24F12N2/c1-16-25(20-10-23(35(43,44)45)14-24(11-20)36(46,47)48)5-6-27-28(16)15-29-32(27)50(2)30-12-19-7-17(3-4-26(19)31(30)49-29)18-8-21(33(37,38)39)13-22(9-18)34(40,41)42/h3-6,8-11,13-14,17,30H,7,12,15H2,1-2H3. The number of hydrogen-bond acceptors (Lipinski definition) is 2. The van der Waals surface area contributed by atoms with Gasteiger partial charge in [-0.25, -0.2) is 0 Å². The van der Waals surface area contributed by atoms with Gasteiger partial charge in [-0.15, -0.1) is 0 Å². The van der Waals surface area contributed by atoms with Gasteiger partial charge in [-0.3, -0.25) is 4.99 Å². The minimum absolute atomic E-state index is 0.0839. The van der Waals surface area contributed by atoms with Gasteiger partial charge in [-0.05, 0) is 89.6 Å². The van der Waals surface area contributed by atoms with E-state index >= 15 is 0 Å². The zero-order valence-electron chi connectivity index (χ0n) is 26.0. The lowest BCUT2D eigenvalue weighted by atomic mass is 9.84. The highest BCUT2D eigenvalue weighted by Gasteiger charge is 2.43. The van der Waals surface area contributed by atoms with Crippen molar-refractivity contribution in [2.24, 2.45) is 4.99 Å². The molecule has 0 spiro atoms. The third kappa shape index (κ3) is 5.69. The summed E-state index contributed by atoms with van der Waals surface area (Å²) in [5, 5.41) is 0. The average molecular weight is 713 g/mol. The fourth-order valence-electron chi connectivity index (χ4n) is 7.44. The molecule has 0 aromatic heterocycles. The van der Waals surface area contributed by atoms with Crippen LogP contribution in [0.3, 0.4) is 0 Å². The van der Waals surface area contributed by atoms with E-state index in [9.17, 15) is 52.7 Å². The maximum absolute atomic E-state index is 13.6. The van der Waals surface area contributed by atoms with Crippen molar-refractivity contribution in [2.45, 2.75) is 62.9 Å². The van der Waals surface area contributed by atoms with Crippen LogP contribution in [0, 0.1) is 6.92 Å². The molecule has 2 nitrogen and oxygen atoms in total. The molecule has 4 aliphatic rings. The molecule has 2 atom stereocenters. The zero-order valence-corrected chi connectivity index (χ0v) is 26.0. The molecule has 262 valence electrons. The van der Waals surface area contributed by atoms with Gasteiger partial charge in [0.2, 0.25) is 0 Å². The van der Waals surface area contributed by atoms with Crippen LogP contribution in [-0.2, 0) is 31.1 Å². The van der Waals surface area contributed by atoms with E-state index < -0.39 is 52.9 Å². The Bertz CT molecular complexity index is 2010. The minimum atomic E-state index is -5.00. The molecular formula is C36H24F12N2. The van der Waals surface area contributed by atoms with Gasteiger partial charge >= 0.3 is 24.7 Å². The Balaban J connectivity index is 1.20. The summed E-state index contributed by atoms with van der Waals surface area (Å²) in [6, 6.07) is 5.90. The maximum Gasteiger partial charge on any atom is 0.416 e. The monoisotopic (exact) mass is 712 g/mol. The van der Waals surface area contributed by atoms with Crippen molar-refractivity contribution in [1.29, 1.82) is 0 Å². The summed E-state index contributed by atoms with van der Waals surface area (Å²) in [5.74, 6) is -0.737. The van der Waals surface area contributed by atoms with E-state index in [4.69, 9.17) is 4.99 Å². The van der Waals surface area contributed by atoms with Crippen molar-refractivity contribution < 1.29 is 52.7 Å². The smallest absolute Gasteiger partial charge is 0.364 e. The normalized spacial score (nSPS) is 20.6. The first-order valence-electron chi connectivity index (χ1n) is 15.3. The molecule has 7 rings (SSSR count). The molecule has 2 unspecified atom stereocenters. The third-order valence-corrected chi connectivity index (χ3v) is 9.86. The predicted octanol–water partition coefficient (Wildman–Crippen LogP) is 11.2. The van der Waals surface area contributed by atoms with Gasteiger partial charge in [0, 0.05) is 24.9 Å². The average Bonchev–Trinajstić information content (AvgIpc) is 3.58. The Morgan fingerprint density at radius 1 is 0.680 bits per heavy atom. The summed E-state index contributed by atoms with van der Waals surface area (Å²) in [6.45, 7) is 1.64. The lowest BCUT2D eigenvalue weighted by molar-refractivity contribution is -0.144.